The van der Waals surface area contributed by atoms with Crippen LogP contribution in [0.1, 0.15) is 45.7 Å². The normalized spacial score (nSPS) is 14.1. The average molecular weight is 670 g/mol. The lowest BCUT2D eigenvalue weighted by Gasteiger charge is -2.34. The van der Waals surface area contributed by atoms with E-state index in [-0.39, 0.29) is 49.2 Å². The maximum absolute atomic E-state index is 13.8. The number of hydrogen-bond acceptors (Lipinski definition) is 7. The molecule has 2 amide bonds. The van der Waals surface area contributed by atoms with Gasteiger partial charge in [0.2, 0.25) is 21.8 Å². The van der Waals surface area contributed by atoms with Gasteiger partial charge in [-0.1, -0.05) is 77.1 Å². The van der Waals surface area contributed by atoms with Gasteiger partial charge >= 0.3 is 0 Å². The molecule has 0 bridgehead atoms. The van der Waals surface area contributed by atoms with E-state index >= 15 is 0 Å². The minimum Gasteiger partial charge on any atom is -0.399 e. The standard InChI is InChI=1S/C35H48FN5O5S/c1-24(2)22-41(47(45,46)29-16-14-28(37)15-17-29)23-31(42)30(19-25-10-7-6-8-11-25)39-34(44)33(35(3,4)5)40-32(43)21-38-20-26-12-9-13-27(36)18-26/h6-18,24,30-31,33,38,42H,19-23,37H2,1-5H3,(H,39,44)(H,40,43)/t30-,31+,33?/m0/s1. The first-order valence-electron chi connectivity index (χ1n) is 15.7. The fourth-order valence-corrected chi connectivity index (χ4v) is 6.70. The number of benzene rings is 3. The number of halogens is 1. The van der Waals surface area contributed by atoms with E-state index in [1.54, 1.807) is 12.1 Å². The molecule has 0 radical (unpaired) electrons. The van der Waals surface area contributed by atoms with Crippen molar-refractivity contribution in [3.63, 3.8) is 0 Å². The zero-order valence-electron chi connectivity index (χ0n) is 27.7. The lowest BCUT2D eigenvalue weighted by atomic mass is 9.85. The third kappa shape index (κ3) is 11.7. The molecule has 0 aromatic heterocycles. The van der Waals surface area contributed by atoms with Crippen LogP contribution in [0, 0.1) is 17.2 Å². The van der Waals surface area contributed by atoms with Crippen molar-refractivity contribution in [2.24, 2.45) is 11.3 Å². The molecule has 3 aromatic carbocycles. The molecule has 47 heavy (non-hydrogen) atoms. The minimum atomic E-state index is -4.01. The number of nitrogens with two attached hydrogens (primary N) is 1. The third-order valence-corrected chi connectivity index (χ3v) is 9.35. The molecule has 0 aliphatic carbocycles. The zero-order chi connectivity index (χ0) is 34.8. The molecule has 3 aromatic rings. The van der Waals surface area contributed by atoms with Gasteiger partial charge in [-0.05, 0) is 65.3 Å². The molecule has 0 fully saturated rings. The molecular weight excluding hydrogens is 621 g/mol. The number of amides is 2. The van der Waals surface area contributed by atoms with Crippen LogP contribution in [-0.2, 0) is 32.6 Å². The number of anilines is 1. The van der Waals surface area contributed by atoms with E-state index in [0.717, 1.165) is 5.56 Å². The quantitative estimate of drug-likeness (QED) is 0.147. The molecule has 256 valence electrons. The van der Waals surface area contributed by atoms with Crippen LogP contribution in [0.4, 0.5) is 10.1 Å². The molecule has 12 heteroatoms. The van der Waals surface area contributed by atoms with Gasteiger partial charge in [0.05, 0.1) is 23.6 Å². The van der Waals surface area contributed by atoms with Gasteiger partial charge in [-0.3, -0.25) is 9.59 Å². The fourth-order valence-electron chi connectivity index (χ4n) is 5.07. The first kappa shape index (κ1) is 37.6. The molecule has 0 aliphatic heterocycles. The molecular formula is C35H48FN5O5S. The number of carbonyl (C=O) groups excluding carboxylic acids is 2. The van der Waals surface area contributed by atoms with Crippen LogP contribution in [0.2, 0.25) is 0 Å². The highest BCUT2D eigenvalue weighted by Crippen LogP contribution is 2.22. The van der Waals surface area contributed by atoms with E-state index in [9.17, 15) is 27.5 Å². The number of aliphatic hydroxyl groups excluding tert-OH is 1. The summed E-state index contributed by atoms with van der Waals surface area (Å²) in [6, 6.07) is 19.3. The Bertz CT molecular complexity index is 1560. The van der Waals surface area contributed by atoms with Gasteiger partial charge in [-0.25, -0.2) is 12.8 Å². The van der Waals surface area contributed by atoms with Crippen LogP contribution in [-0.4, -0.2) is 67.5 Å². The summed E-state index contributed by atoms with van der Waals surface area (Å²) in [6.45, 7) is 9.19. The number of sulfonamides is 1. The van der Waals surface area contributed by atoms with E-state index in [4.69, 9.17) is 5.73 Å². The van der Waals surface area contributed by atoms with Gasteiger partial charge in [0.1, 0.15) is 11.9 Å². The Hall–Kier alpha value is -3.84. The second-order valence-corrected chi connectivity index (χ2v) is 15.2. The summed E-state index contributed by atoms with van der Waals surface area (Å²) in [6.07, 6.45) is -1.09. The number of nitrogens with one attached hydrogen (secondary N) is 3. The van der Waals surface area contributed by atoms with Crippen molar-refractivity contribution in [3.05, 3.63) is 95.8 Å². The number of aliphatic hydroxyl groups is 1. The Morgan fingerprint density at radius 3 is 2.15 bits per heavy atom. The molecule has 0 heterocycles. The Labute approximate surface area is 278 Å². The van der Waals surface area contributed by atoms with Crippen molar-refractivity contribution in [2.75, 3.05) is 25.4 Å². The van der Waals surface area contributed by atoms with Crippen LogP contribution in [0.25, 0.3) is 0 Å². The number of rotatable bonds is 16. The van der Waals surface area contributed by atoms with E-state index in [1.807, 2.05) is 65.0 Å². The van der Waals surface area contributed by atoms with Crippen molar-refractivity contribution < 1.29 is 27.5 Å². The maximum Gasteiger partial charge on any atom is 0.243 e. The first-order valence-corrected chi connectivity index (χ1v) is 17.1. The Morgan fingerprint density at radius 2 is 1.55 bits per heavy atom. The van der Waals surface area contributed by atoms with Gasteiger partial charge in [0.25, 0.3) is 0 Å². The third-order valence-electron chi connectivity index (χ3n) is 7.51. The van der Waals surface area contributed by atoms with Crippen molar-refractivity contribution >= 4 is 27.5 Å². The van der Waals surface area contributed by atoms with Crippen LogP contribution in [0.5, 0.6) is 0 Å². The predicted molar refractivity (Wildman–Crippen MR) is 182 cm³/mol. The van der Waals surface area contributed by atoms with Crippen LogP contribution < -0.4 is 21.7 Å². The molecule has 0 spiro atoms. The van der Waals surface area contributed by atoms with Crippen molar-refractivity contribution in [3.8, 4) is 0 Å². The zero-order valence-corrected chi connectivity index (χ0v) is 28.6. The first-order chi connectivity index (χ1) is 22.1. The fraction of sp³-hybridized carbons (Fsp3) is 0.429. The SMILES string of the molecule is CC(C)CN(C[C@@H](O)[C@H](Cc1ccccc1)NC(=O)C(NC(=O)CNCc1cccc(F)c1)C(C)(C)C)S(=O)(=O)c1ccc(N)cc1. The van der Waals surface area contributed by atoms with Gasteiger partial charge in [-0.15, -0.1) is 0 Å². The van der Waals surface area contributed by atoms with Gasteiger partial charge in [0.15, 0.2) is 0 Å². The number of hydrogen-bond donors (Lipinski definition) is 5. The topological polar surface area (TPSA) is 154 Å². The van der Waals surface area contributed by atoms with E-state index in [0.29, 0.717) is 11.3 Å². The van der Waals surface area contributed by atoms with Crippen molar-refractivity contribution in [1.82, 2.24) is 20.3 Å². The highest BCUT2D eigenvalue weighted by Gasteiger charge is 2.36. The second-order valence-electron chi connectivity index (χ2n) is 13.3. The lowest BCUT2D eigenvalue weighted by molar-refractivity contribution is -0.132. The summed E-state index contributed by atoms with van der Waals surface area (Å²) in [4.78, 5) is 26.8. The monoisotopic (exact) mass is 669 g/mol. The van der Waals surface area contributed by atoms with Crippen LogP contribution in [0.15, 0.2) is 83.8 Å². The van der Waals surface area contributed by atoms with E-state index < -0.39 is 45.4 Å². The Morgan fingerprint density at radius 1 is 0.915 bits per heavy atom. The average Bonchev–Trinajstić information content (AvgIpc) is 2.99. The maximum atomic E-state index is 13.8. The summed E-state index contributed by atoms with van der Waals surface area (Å²) >= 11 is 0. The Kier molecular flexibility index (Phi) is 13.5. The lowest BCUT2D eigenvalue weighted by Crippen LogP contribution is -2.59. The molecule has 0 saturated heterocycles. The van der Waals surface area contributed by atoms with E-state index in [1.165, 1.54) is 40.7 Å². The smallest absolute Gasteiger partial charge is 0.243 e. The molecule has 0 saturated carbocycles. The summed E-state index contributed by atoms with van der Waals surface area (Å²) in [5.41, 5.74) is 6.98. The predicted octanol–water partition coefficient (Wildman–Crippen LogP) is 3.46. The largest absolute Gasteiger partial charge is 0.399 e. The highest BCUT2D eigenvalue weighted by atomic mass is 32.2. The van der Waals surface area contributed by atoms with Crippen LogP contribution in [0.3, 0.4) is 0 Å². The van der Waals surface area contributed by atoms with Gasteiger partial charge in [-0.2, -0.15) is 4.31 Å². The molecule has 6 N–H and O–H groups in total. The minimum absolute atomic E-state index is 0.0460. The van der Waals surface area contributed by atoms with Crippen molar-refractivity contribution in [1.29, 1.82) is 0 Å². The highest BCUT2D eigenvalue weighted by molar-refractivity contribution is 7.89. The van der Waals surface area contributed by atoms with Crippen molar-refractivity contribution in [2.45, 2.75) is 70.7 Å². The Balaban J connectivity index is 1.80. The number of carbonyl (C=O) groups is 2. The molecule has 1 unspecified atom stereocenters. The summed E-state index contributed by atoms with van der Waals surface area (Å²) < 4.78 is 42.1. The molecule has 3 rings (SSSR count). The molecule has 10 nitrogen and oxygen atoms in total. The van der Waals surface area contributed by atoms with Gasteiger partial charge < -0.3 is 26.8 Å². The number of nitrogens with zero attached hydrogens (tertiary/aromatic N) is 1. The van der Waals surface area contributed by atoms with Gasteiger partial charge in [0, 0.05) is 25.3 Å². The summed E-state index contributed by atoms with van der Waals surface area (Å²) in [5.74, 6) is -1.38. The molecule has 0 aliphatic rings. The molecule has 3 atom stereocenters. The van der Waals surface area contributed by atoms with E-state index in [2.05, 4.69) is 16.0 Å². The van der Waals surface area contributed by atoms with Crippen LogP contribution >= 0.6 is 0 Å². The second kappa shape index (κ2) is 16.8. The summed E-state index contributed by atoms with van der Waals surface area (Å²) in [5, 5.41) is 20.3. The number of nitrogen functional groups attached to an aromatic ring is 1. The summed E-state index contributed by atoms with van der Waals surface area (Å²) in [7, 11) is -4.01.